The Morgan fingerprint density at radius 3 is 2.85 bits per heavy atom. The fourth-order valence-corrected chi connectivity index (χ4v) is 2.28. The average Bonchev–Trinajstić information content (AvgIpc) is 2.46. The Morgan fingerprint density at radius 2 is 2.05 bits per heavy atom. The van der Waals surface area contributed by atoms with Gasteiger partial charge >= 0.3 is 0 Å². The minimum absolute atomic E-state index is 1.06. The van der Waals surface area contributed by atoms with Crippen LogP contribution >= 0.6 is 0 Å². The van der Waals surface area contributed by atoms with E-state index in [4.69, 9.17) is 0 Å². The highest BCUT2D eigenvalue weighted by Gasteiger charge is 2.00. The molecular weight excluding hydrogens is 244 g/mol. The van der Waals surface area contributed by atoms with Gasteiger partial charge in [0.1, 0.15) is 0 Å². The highest BCUT2D eigenvalue weighted by Crippen LogP contribution is 2.20. The van der Waals surface area contributed by atoms with Crippen molar-refractivity contribution in [1.29, 1.82) is 0 Å². The quantitative estimate of drug-likeness (QED) is 0.788. The van der Waals surface area contributed by atoms with Crippen molar-refractivity contribution >= 4 is 16.5 Å². The van der Waals surface area contributed by atoms with Gasteiger partial charge in [-0.3, -0.25) is 4.98 Å². The predicted octanol–water partition coefficient (Wildman–Crippen LogP) is 4.34. The van der Waals surface area contributed by atoms with Gasteiger partial charge < -0.3 is 5.32 Å². The third-order valence-corrected chi connectivity index (χ3v) is 3.48. The lowest BCUT2D eigenvalue weighted by atomic mass is 10.0. The van der Waals surface area contributed by atoms with Gasteiger partial charge in [-0.2, -0.15) is 0 Å². The van der Waals surface area contributed by atoms with Gasteiger partial charge in [-0.15, -0.1) is 0 Å². The lowest BCUT2D eigenvalue weighted by Gasteiger charge is -2.05. The fraction of sp³-hybridized carbons (Fsp3) is 0.389. The Morgan fingerprint density at radius 1 is 1.20 bits per heavy atom. The molecule has 1 aromatic heterocycles. The van der Waals surface area contributed by atoms with Crippen LogP contribution in [0.5, 0.6) is 0 Å². The highest BCUT2D eigenvalue weighted by atomic mass is 14.8. The molecule has 1 aromatic carbocycles. The largest absolute Gasteiger partial charge is 0.316 e. The number of aryl methyl sites for hydroxylation is 1. The smallest absolute Gasteiger partial charge is 0.0705 e. The van der Waals surface area contributed by atoms with Crippen molar-refractivity contribution in [3.63, 3.8) is 0 Å². The number of allylic oxidation sites excluding steroid dienone is 1. The molecular formula is C18H24N2. The van der Waals surface area contributed by atoms with Crippen LogP contribution in [0.2, 0.25) is 0 Å². The van der Waals surface area contributed by atoms with Crippen LogP contribution in [0.15, 0.2) is 36.4 Å². The van der Waals surface area contributed by atoms with Crippen LogP contribution in [-0.2, 0) is 0 Å². The first-order valence-corrected chi connectivity index (χ1v) is 7.46. The molecule has 1 heterocycles. The molecule has 0 aliphatic heterocycles. The molecule has 2 aromatic rings. The summed E-state index contributed by atoms with van der Waals surface area (Å²) in [7, 11) is 0. The Kier molecular flexibility index (Phi) is 5.31. The summed E-state index contributed by atoms with van der Waals surface area (Å²) in [6.07, 6.45) is 4.58. The van der Waals surface area contributed by atoms with E-state index >= 15 is 0 Å². The van der Waals surface area contributed by atoms with Crippen LogP contribution in [-0.4, -0.2) is 18.1 Å². The molecule has 0 aliphatic rings. The molecule has 2 nitrogen and oxygen atoms in total. The molecule has 20 heavy (non-hydrogen) atoms. The summed E-state index contributed by atoms with van der Waals surface area (Å²) < 4.78 is 0. The molecule has 0 saturated carbocycles. The van der Waals surface area contributed by atoms with Crippen molar-refractivity contribution in [1.82, 2.24) is 10.3 Å². The minimum Gasteiger partial charge on any atom is -0.316 e. The minimum atomic E-state index is 1.06. The van der Waals surface area contributed by atoms with Crippen molar-refractivity contribution < 1.29 is 0 Å². The Hall–Kier alpha value is -1.67. The van der Waals surface area contributed by atoms with E-state index < -0.39 is 0 Å². The zero-order valence-corrected chi connectivity index (χ0v) is 12.7. The van der Waals surface area contributed by atoms with E-state index in [1.165, 1.54) is 22.9 Å². The van der Waals surface area contributed by atoms with Crippen molar-refractivity contribution in [2.75, 3.05) is 13.1 Å². The predicted molar refractivity (Wildman–Crippen MR) is 87.9 cm³/mol. The Balaban J connectivity index is 2.08. The molecule has 0 amide bonds. The van der Waals surface area contributed by atoms with E-state index in [9.17, 15) is 0 Å². The third kappa shape index (κ3) is 3.91. The summed E-state index contributed by atoms with van der Waals surface area (Å²) in [5, 5.41) is 4.64. The Labute approximate surface area is 121 Å². The van der Waals surface area contributed by atoms with Crippen LogP contribution in [0.1, 0.15) is 37.9 Å². The number of hydrogen-bond donors (Lipinski definition) is 1. The second-order valence-electron chi connectivity index (χ2n) is 5.29. The van der Waals surface area contributed by atoms with E-state index in [2.05, 4.69) is 60.6 Å². The molecule has 0 radical (unpaired) electrons. The molecule has 0 bridgehead atoms. The summed E-state index contributed by atoms with van der Waals surface area (Å²) in [6, 6.07) is 10.7. The number of nitrogens with one attached hydrogen (secondary N) is 1. The number of fused-ring (bicyclic) bond motifs is 1. The van der Waals surface area contributed by atoms with Gasteiger partial charge in [0.25, 0.3) is 0 Å². The molecule has 2 heteroatoms. The summed E-state index contributed by atoms with van der Waals surface area (Å²) in [6.45, 7) is 8.57. The lowest BCUT2D eigenvalue weighted by Crippen LogP contribution is -2.15. The average molecular weight is 268 g/mol. The first kappa shape index (κ1) is 14.7. The van der Waals surface area contributed by atoms with Crippen molar-refractivity contribution in [2.45, 2.75) is 33.6 Å². The maximum Gasteiger partial charge on any atom is 0.0705 e. The van der Waals surface area contributed by atoms with E-state index in [0.717, 1.165) is 30.7 Å². The molecule has 0 spiro atoms. The van der Waals surface area contributed by atoms with Gasteiger partial charge in [0, 0.05) is 11.1 Å². The van der Waals surface area contributed by atoms with Crippen LogP contribution in [0.25, 0.3) is 16.5 Å². The molecule has 0 unspecified atom stereocenters. The van der Waals surface area contributed by atoms with Gasteiger partial charge in [-0.1, -0.05) is 25.1 Å². The lowest BCUT2D eigenvalue weighted by molar-refractivity contribution is 0.678. The standard InChI is InChI=1S/C18H24N2/c1-4-11-19-12-5-6-14(2)16-9-10-18-17(13-16)8-7-15(3)20-18/h6-10,13,19H,4-5,11-12H2,1-3H3/b14-6-. The maximum atomic E-state index is 4.54. The van der Waals surface area contributed by atoms with Gasteiger partial charge in [0.2, 0.25) is 0 Å². The maximum absolute atomic E-state index is 4.54. The van der Waals surface area contributed by atoms with Crippen molar-refractivity contribution in [3.05, 3.63) is 47.7 Å². The molecule has 0 aliphatic carbocycles. The monoisotopic (exact) mass is 268 g/mol. The molecule has 0 fully saturated rings. The van der Waals surface area contributed by atoms with Gasteiger partial charge in [0.05, 0.1) is 5.52 Å². The van der Waals surface area contributed by atoms with Gasteiger partial charge in [0.15, 0.2) is 0 Å². The number of hydrogen-bond acceptors (Lipinski definition) is 2. The first-order valence-electron chi connectivity index (χ1n) is 7.46. The highest BCUT2D eigenvalue weighted by molar-refractivity contribution is 5.83. The number of pyridine rings is 1. The second kappa shape index (κ2) is 7.20. The number of benzene rings is 1. The van der Waals surface area contributed by atoms with Crippen LogP contribution in [0, 0.1) is 6.92 Å². The molecule has 0 saturated heterocycles. The van der Waals surface area contributed by atoms with E-state index in [1.807, 2.05) is 6.92 Å². The first-order chi connectivity index (χ1) is 9.70. The van der Waals surface area contributed by atoms with Crippen LogP contribution in [0.4, 0.5) is 0 Å². The Bertz CT molecular complexity index is 599. The van der Waals surface area contributed by atoms with Gasteiger partial charge in [-0.05, 0) is 69.1 Å². The van der Waals surface area contributed by atoms with E-state index in [0.29, 0.717) is 0 Å². The summed E-state index contributed by atoms with van der Waals surface area (Å²) in [5.41, 5.74) is 4.77. The van der Waals surface area contributed by atoms with E-state index in [1.54, 1.807) is 0 Å². The van der Waals surface area contributed by atoms with Crippen LogP contribution in [0.3, 0.4) is 0 Å². The SMILES string of the molecule is CCCNCC/C=C(/C)c1ccc2nc(C)ccc2c1. The number of rotatable bonds is 6. The topological polar surface area (TPSA) is 24.9 Å². The summed E-state index contributed by atoms with van der Waals surface area (Å²) in [5.74, 6) is 0. The van der Waals surface area contributed by atoms with Crippen molar-refractivity contribution in [2.24, 2.45) is 0 Å². The zero-order valence-electron chi connectivity index (χ0n) is 12.7. The third-order valence-electron chi connectivity index (χ3n) is 3.48. The zero-order chi connectivity index (χ0) is 14.4. The number of nitrogens with zero attached hydrogens (tertiary/aromatic N) is 1. The van der Waals surface area contributed by atoms with Crippen LogP contribution < -0.4 is 5.32 Å². The summed E-state index contributed by atoms with van der Waals surface area (Å²) in [4.78, 5) is 4.54. The number of aromatic nitrogens is 1. The van der Waals surface area contributed by atoms with E-state index in [-0.39, 0.29) is 0 Å². The summed E-state index contributed by atoms with van der Waals surface area (Å²) >= 11 is 0. The molecule has 0 atom stereocenters. The van der Waals surface area contributed by atoms with Crippen molar-refractivity contribution in [3.8, 4) is 0 Å². The molecule has 1 N–H and O–H groups in total. The fourth-order valence-electron chi connectivity index (χ4n) is 2.28. The normalized spacial score (nSPS) is 12.1. The second-order valence-corrected chi connectivity index (χ2v) is 5.29. The molecule has 106 valence electrons. The van der Waals surface area contributed by atoms with Gasteiger partial charge in [-0.25, -0.2) is 0 Å². The molecule has 2 rings (SSSR count).